The molecule has 0 bridgehead atoms. The highest BCUT2D eigenvalue weighted by molar-refractivity contribution is 6.24. The lowest BCUT2D eigenvalue weighted by Crippen LogP contribution is -2.02. The number of nitrogens with one attached hydrogen (secondary N) is 2. The standard InChI is InChI=1S/C14H12Cl2N2O/c15-17-8-1-3-10-11-4-2-9(18-16)6-13(11)14(7-19)12(10)5-8/h1-6,14,17-19H,7H2. The summed E-state index contributed by atoms with van der Waals surface area (Å²) in [4.78, 5) is 5.22. The van der Waals surface area contributed by atoms with Crippen molar-refractivity contribution in [2.45, 2.75) is 5.92 Å². The molecule has 2 aromatic carbocycles. The van der Waals surface area contributed by atoms with Gasteiger partial charge in [-0.2, -0.15) is 0 Å². The van der Waals surface area contributed by atoms with Crippen LogP contribution in [0.15, 0.2) is 36.4 Å². The van der Waals surface area contributed by atoms with Crippen LogP contribution in [0.2, 0.25) is 0 Å². The highest BCUT2D eigenvalue weighted by atomic mass is 35.5. The van der Waals surface area contributed by atoms with Crippen LogP contribution in [0.1, 0.15) is 17.0 Å². The minimum absolute atomic E-state index is 0.0417. The third-order valence-corrected chi connectivity index (χ3v) is 3.98. The van der Waals surface area contributed by atoms with Gasteiger partial charge < -0.3 is 5.11 Å². The fourth-order valence-corrected chi connectivity index (χ4v) is 2.91. The van der Waals surface area contributed by atoms with Crippen molar-refractivity contribution in [3.63, 3.8) is 0 Å². The average molecular weight is 295 g/mol. The summed E-state index contributed by atoms with van der Waals surface area (Å²) in [5.74, 6) is -0.0417. The molecule has 0 fully saturated rings. The van der Waals surface area contributed by atoms with Gasteiger partial charge in [0, 0.05) is 40.8 Å². The van der Waals surface area contributed by atoms with Crippen LogP contribution >= 0.6 is 23.6 Å². The molecule has 0 saturated heterocycles. The van der Waals surface area contributed by atoms with Crippen LogP contribution in [0.5, 0.6) is 0 Å². The number of aliphatic hydroxyl groups is 1. The van der Waals surface area contributed by atoms with Gasteiger partial charge >= 0.3 is 0 Å². The lowest BCUT2D eigenvalue weighted by Gasteiger charge is -2.11. The SMILES string of the molecule is OCC1c2cc(NCl)ccc2-c2ccc(NCl)cc21. The third-order valence-electron chi connectivity index (χ3n) is 3.54. The Morgan fingerprint density at radius 2 is 1.37 bits per heavy atom. The summed E-state index contributed by atoms with van der Waals surface area (Å²) in [5, 5.41) is 9.68. The molecule has 0 amide bonds. The van der Waals surface area contributed by atoms with Crippen LogP contribution in [-0.4, -0.2) is 11.7 Å². The molecule has 5 heteroatoms. The summed E-state index contributed by atoms with van der Waals surface area (Å²) in [5.41, 5.74) is 6.06. The van der Waals surface area contributed by atoms with Crippen molar-refractivity contribution in [3.8, 4) is 11.1 Å². The molecule has 3 nitrogen and oxygen atoms in total. The summed E-state index contributed by atoms with van der Waals surface area (Å²) >= 11 is 11.3. The first kappa shape index (κ1) is 12.6. The zero-order chi connectivity index (χ0) is 13.4. The predicted molar refractivity (Wildman–Crippen MR) is 79.8 cm³/mol. The van der Waals surface area contributed by atoms with Gasteiger partial charge in [0.15, 0.2) is 0 Å². The normalized spacial score (nSPS) is 13.0. The monoisotopic (exact) mass is 294 g/mol. The van der Waals surface area contributed by atoms with E-state index in [2.05, 4.69) is 9.67 Å². The van der Waals surface area contributed by atoms with Crippen molar-refractivity contribution in [1.29, 1.82) is 0 Å². The van der Waals surface area contributed by atoms with E-state index in [-0.39, 0.29) is 12.5 Å². The van der Waals surface area contributed by atoms with Gasteiger partial charge in [0.05, 0.1) is 6.61 Å². The van der Waals surface area contributed by atoms with Crippen molar-refractivity contribution >= 4 is 34.9 Å². The van der Waals surface area contributed by atoms with Gasteiger partial charge in [0.1, 0.15) is 0 Å². The molecule has 0 aliphatic heterocycles. The van der Waals surface area contributed by atoms with Crippen LogP contribution in [-0.2, 0) is 0 Å². The zero-order valence-electron chi connectivity index (χ0n) is 9.95. The minimum atomic E-state index is -0.0417. The van der Waals surface area contributed by atoms with Crippen LogP contribution in [0, 0.1) is 0 Å². The van der Waals surface area contributed by atoms with Gasteiger partial charge in [-0.25, -0.2) is 0 Å². The summed E-state index contributed by atoms with van der Waals surface area (Å²) in [6.07, 6.45) is 0. The van der Waals surface area contributed by atoms with Crippen molar-refractivity contribution in [1.82, 2.24) is 0 Å². The number of anilines is 2. The molecule has 0 radical (unpaired) electrons. The molecule has 0 saturated carbocycles. The Balaban J connectivity index is 2.19. The Kier molecular flexibility index (Phi) is 3.27. The van der Waals surface area contributed by atoms with E-state index in [9.17, 15) is 5.11 Å². The second kappa shape index (κ2) is 4.93. The molecule has 0 heterocycles. The summed E-state index contributed by atoms with van der Waals surface area (Å²) in [6.45, 7) is 0.0531. The molecule has 0 unspecified atom stereocenters. The van der Waals surface area contributed by atoms with Crippen LogP contribution in [0.3, 0.4) is 0 Å². The second-order valence-corrected chi connectivity index (χ2v) is 4.91. The van der Waals surface area contributed by atoms with Crippen molar-refractivity contribution < 1.29 is 5.11 Å². The van der Waals surface area contributed by atoms with E-state index in [1.165, 1.54) is 0 Å². The lowest BCUT2D eigenvalue weighted by molar-refractivity contribution is 0.282. The number of benzene rings is 2. The first-order valence-electron chi connectivity index (χ1n) is 5.91. The van der Waals surface area contributed by atoms with E-state index < -0.39 is 0 Å². The van der Waals surface area contributed by atoms with Crippen molar-refractivity contribution in [2.75, 3.05) is 16.3 Å². The molecule has 98 valence electrons. The molecule has 3 rings (SSSR count). The molecule has 0 atom stereocenters. The Hall–Kier alpha value is -1.42. The van der Waals surface area contributed by atoms with Gasteiger partial charge in [0.25, 0.3) is 0 Å². The van der Waals surface area contributed by atoms with E-state index in [0.717, 1.165) is 33.6 Å². The first-order chi connectivity index (χ1) is 9.28. The molecule has 19 heavy (non-hydrogen) atoms. The number of fused-ring (bicyclic) bond motifs is 3. The number of halogens is 2. The molecule has 3 N–H and O–H groups in total. The van der Waals surface area contributed by atoms with E-state index in [4.69, 9.17) is 23.6 Å². The van der Waals surface area contributed by atoms with Gasteiger partial charge in [-0.3, -0.25) is 9.67 Å². The van der Waals surface area contributed by atoms with Gasteiger partial charge in [-0.15, -0.1) is 0 Å². The van der Waals surface area contributed by atoms with Crippen molar-refractivity contribution in [2.24, 2.45) is 0 Å². The number of aliphatic hydroxyl groups excluding tert-OH is 1. The maximum absolute atomic E-state index is 9.68. The Labute approximate surface area is 121 Å². The lowest BCUT2D eigenvalue weighted by atomic mass is 9.97. The van der Waals surface area contributed by atoms with Crippen LogP contribution < -0.4 is 9.67 Å². The topological polar surface area (TPSA) is 44.3 Å². The van der Waals surface area contributed by atoms with E-state index in [1.54, 1.807) is 0 Å². The molecule has 0 spiro atoms. The zero-order valence-corrected chi connectivity index (χ0v) is 11.5. The molecule has 1 aliphatic rings. The van der Waals surface area contributed by atoms with E-state index in [1.807, 2.05) is 36.4 Å². The largest absolute Gasteiger partial charge is 0.395 e. The van der Waals surface area contributed by atoms with Crippen molar-refractivity contribution in [3.05, 3.63) is 47.5 Å². The molecule has 1 aliphatic carbocycles. The summed E-state index contributed by atoms with van der Waals surface area (Å²) in [6, 6.07) is 11.8. The minimum Gasteiger partial charge on any atom is -0.395 e. The highest BCUT2D eigenvalue weighted by Gasteiger charge is 2.28. The highest BCUT2D eigenvalue weighted by Crippen LogP contribution is 2.46. The maximum Gasteiger partial charge on any atom is 0.0540 e. The molecule has 0 aromatic heterocycles. The molecular weight excluding hydrogens is 283 g/mol. The first-order valence-corrected chi connectivity index (χ1v) is 6.66. The van der Waals surface area contributed by atoms with Gasteiger partial charge in [-0.05, 0) is 46.5 Å². The Morgan fingerprint density at radius 3 is 1.74 bits per heavy atom. The third kappa shape index (κ3) is 1.94. The Morgan fingerprint density at radius 1 is 0.895 bits per heavy atom. The maximum atomic E-state index is 9.68. The number of rotatable bonds is 3. The fraction of sp³-hybridized carbons (Fsp3) is 0.143. The Bertz CT molecular complexity index is 577. The average Bonchev–Trinajstić information content (AvgIpc) is 2.78. The fourth-order valence-electron chi connectivity index (χ4n) is 2.67. The van der Waals surface area contributed by atoms with Crippen LogP contribution in [0.25, 0.3) is 11.1 Å². The number of hydrogen-bond donors (Lipinski definition) is 3. The molecule has 2 aromatic rings. The smallest absolute Gasteiger partial charge is 0.0540 e. The summed E-state index contributed by atoms with van der Waals surface area (Å²) in [7, 11) is 0. The second-order valence-electron chi connectivity index (χ2n) is 4.53. The van der Waals surface area contributed by atoms with Crippen LogP contribution in [0.4, 0.5) is 11.4 Å². The van der Waals surface area contributed by atoms with E-state index >= 15 is 0 Å². The quantitative estimate of drug-likeness (QED) is 0.752. The molecular formula is C14H12Cl2N2O. The summed E-state index contributed by atoms with van der Waals surface area (Å²) < 4.78 is 0. The van der Waals surface area contributed by atoms with Gasteiger partial charge in [0.2, 0.25) is 0 Å². The van der Waals surface area contributed by atoms with E-state index in [0.29, 0.717) is 0 Å². The van der Waals surface area contributed by atoms with Gasteiger partial charge in [-0.1, -0.05) is 12.1 Å². The predicted octanol–water partition coefficient (Wildman–Crippen LogP) is 3.92. The number of hydrogen-bond acceptors (Lipinski definition) is 3.